The van der Waals surface area contributed by atoms with Crippen LogP contribution in [0.1, 0.15) is 61.8 Å². The Morgan fingerprint density at radius 1 is 0.912 bits per heavy atom. The molecule has 0 radical (unpaired) electrons. The number of rotatable bonds is 3. The molecule has 0 aromatic heterocycles. The Kier molecular flexibility index (Phi) is 14.7. The summed E-state index contributed by atoms with van der Waals surface area (Å²) in [5.74, 6) is -1.73. The third kappa shape index (κ3) is 18.6. The number of amides is 1. The molecule has 2 heterocycles. The normalized spacial score (nSPS) is 16.8. The third-order valence-electron chi connectivity index (χ3n) is 3.22. The van der Waals surface area contributed by atoms with Gasteiger partial charge in [0.1, 0.15) is 17.3 Å². The second-order valence-electron chi connectivity index (χ2n) is 7.76. The first-order chi connectivity index (χ1) is 15.3. The fraction of sp³-hybridized carbons (Fsp3) is 0.591. The van der Waals surface area contributed by atoms with Crippen molar-refractivity contribution in [3.8, 4) is 0 Å². The molecular weight excluding hydrogens is 474 g/mol. The average molecular weight is 508 g/mol. The maximum Gasteiger partial charge on any atom is 0.337 e. The van der Waals surface area contributed by atoms with Crippen molar-refractivity contribution >= 4 is 40.5 Å². The van der Waals surface area contributed by atoms with Gasteiger partial charge in [0, 0.05) is 48.6 Å². The van der Waals surface area contributed by atoms with Crippen LogP contribution in [0, 0.1) is 0 Å². The number of allylic oxidation sites excluding steroid dienone is 2. The molecule has 0 N–H and O–H groups in total. The topological polar surface area (TPSA) is 135 Å². The molecule has 0 aromatic rings. The lowest BCUT2D eigenvalue weighted by Crippen LogP contribution is -2.34. The summed E-state index contributed by atoms with van der Waals surface area (Å²) < 4.78 is 20.1. The molecule has 2 aliphatic rings. The number of Topliss-reactive ketones (excluding diaryl/α,β-unsaturated/α-hetero) is 1. The summed E-state index contributed by atoms with van der Waals surface area (Å²) >= 11 is 4.64. The first-order valence-electron chi connectivity index (χ1n) is 9.97. The SMILES string of the molecule is CC(=O)CC1=CC(=O)OC(C)(C)O1.CC(=O)Cl.CC1=CC(=O)OC(C)(C)O1.CON(C)C(C)=O. The van der Waals surface area contributed by atoms with E-state index in [9.17, 15) is 24.0 Å². The molecule has 0 unspecified atom stereocenters. The molecule has 0 aromatic carbocycles. The highest BCUT2D eigenvalue weighted by molar-refractivity contribution is 6.62. The zero-order valence-electron chi connectivity index (χ0n) is 21.3. The summed E-state index contributed by atoms with van der Waals surface area (Å²) in [5, 5.41) is 0.792. The Labute approximate surface area is 204 Å². The second kappa shape index (κ2) is 15.1. The number of hydrogen-bond acceptors (Lipinski definition) is 10. The Morgan fingerprint density at radius 3 is 1.59 bits per heavy atom. The number of hydroxylamine groups is 2. The lowest BCUT2D eigenvalue weighted by molar-refractivity contribution is -0.206. The van der Waals surface area contributed by atoms with Crippen LogP contribution in [-0.4, -0.2) is 59.7 Å². The van der Waals surface area contributed by atoms with Gasteiger partial charge in [-0.15, -0.1) is 0 Å². The predicted octanol–water partition coefficient (Wildman–Crippen LogP) is 3.16. The Balaban J connectivity index is 0. The van der Waals surface area contributed by atoms with Crippen molar-refractivity contribution in [2.24, 2.45) is 0 Å². The fourth-order valence-corrected chi connectivity index (χ4v) is 2.11. The Morgan fingerprint density at radius 2 is 1.32 bits per heavy atom. The number of ketones is 1. The van der Waals surface area contributed by atoms with Gasteiger partial charge in [0.05, 0.1) is 25.7 Å². The molecule has 12 heteroatoms. The van der Waals surface area contributed by atoms with Crippen molar-refractivity contribution < 1.29 is 47.8 Å². The monoisotopic (exact) mass is 507 g/mol. The maximum absolute atomic E-state index is 11.0. The zero-order valence-corrected chi connectivity index (χ0v) is 22.0. The smallest absolute Gasteiger partial charge is 0.337 e. The summed E-state index contributed by atoms with van der Waals surface area (Å²) in [5.41, 5.74) is 0. The largest absolute Gasteiger partial charge is 0.457 e. The van der Waals surface area contributed by atoms with Crippen molar-refractivity contribution in [1.29, 1.82) is 0 Å². The number of carbonyl (C=O) groups excluding carboxylic acids is 5. The molecule has 1 amide bonds. The molecule has 194 valence electrons. The van der Waals surface area contributed by atoms with Gasteiger partial charge in [-0.3, -0.25) is 19.2 Å². The quantitative estimate of drug-likeness (QED) is 0.318. The van der Waals surface area contributed by atoms with Crippen LogP contribution >= 0.6 is 11.6 Å². The van der Waals surface area contributed by atoms with E-state index in [4.69, 9.17) is 18.9 Å². The molecule has 0 fully saturated rings. The number of cyclic esters (lactones) is 2. The van der Waals surface area contributed by atoms with Crippen molar-refractivity contribution in [1.82, 2.24) is 5.06 Å². The van der Waals surface area contributed by atoms with Gasteiger partial charge in [0.25, 0.3) is 0 Å². The molecule has 2 rings (SSSR count). The fourth-order valence-electron chi connectivity index (χ4n) is 2.11. The van der Waals surface area contributed by atoms with Gasteiger partial charge in [-0.05, 0) is 25.4 Å². The molecule has 0 spiro atoms. The van der Waals surface area contributed by atoms with Gasteiger partial charge in [-0.25, -0.2) is 14.7 Å². The number of halogens is 1. The first-order valence-corrected chi connectivity index (χ1v) is 10.3. The van der Waals surface area contributed by atoms with Crippen LogP contribution in [0.4, 0.5) is 0 Å². The number of nitrogens with zero attached hydrogens (tertiary/aromatic N) is 1. The molecule has 0 bridgehead atoms. The molecule has 0 aliphatic carbocycles. The van der Waals surface area contributed by atoms with Gasteiger partial charge in [0.2, 0.25) is 22.7 Å². The van der Waals surface area contributed by atoms with Crippen molar-refractivity contribution in [2.75, 3.05) is 14.2 Å². The van der Waals surface area contributed by atoms with Crippen LogP contribution in [0.2, 0.25) is 0 Å². The van der Waals surface area contributed by atoms with Gasteiger partial charge >= 0.3 is 11.9 Å². The first kappa shape index (κ1) is 33.3. The number of esters is 2. The molecule has 0 saturated carbocycles. The third-order valence-corrected chi connectivity index (χ3v) is 3.22. The Hall–Kier alpha value is -2.92. The summed E-state index contributed by atoms with van der Waals surface area (Å²) in [6, 6.07) is 0. The van der Waals surface area contributed by atoms with E-state index in [2.05, 4.69) is 16.4 Å². The summed E-state index contributed by atoms with van der Waals surface area (Å²) in [6.45, 7) is 12.5. The van der Waals surface area contributed by atoms with Gasteiger partial charge < -0.3 is 18.9 Å². The highest BCUT2D eigenvalue weighted by Crippen LogP contribution is 2.23. The van der Waals surface area contributed by atoms with Crippen LogP contribution in [0.15, 0.2) is 23.7 Å². The van der Waals surface area contributed by atoms with Crippen LogP contribution < -0.4 is 0 Å². The zero-order chi connectivity index (χ0) is 27.3. The Bertz CT molecular complexity index is 811. The summed E-state index contributed by atoms with van der Waals surface area (Å²) in [7, 11) is 3.00. The van der Waals surface area contributed by atoms with Gasteiger partial charge in [0.15, 0.2) is 0 Å². The molecule has 34 heavy (non-hydrogen) atoms. The highest BCUT2D eigenvalue weighted by atomic mass is 35.5. The standard InChI is InChI=1S/C9H12O4.C7H10O3.C4H9NO2.C2H3ClO/c1-6(10)4-7-5-8(11)13-9(2,3)12-7;1-5-4-6(8)10-7(2,3)9-5;1-4(6)5(2)7-3;1-2(3)4/h5H,4H2,1-3H3;4H,1-3H3;1-3H3;1H3. The van der Waals surface area contributed by atoms with E-state index in [-0.39, 0.29) is 29.3 Å². The van der Waals surface area contributed by atoms with Crippen molar-refractivity contribution in [3.05, 3.63) is 23.7 Å². The van der Waals surface area contributed by atoms with E-state index in [0.717, 1.165) is 5.06 Å². The van der Waals surface area contributed by atoms with E-state index < -0.39 is 17.5 Å². The number of carbonyl (C=O) groups is 5. The maximum atomic E-state index is 11.0. The van der Waals surface area contributed by atoms with E-state index >= 15 is 0 Å². The summed E-state index contributed by atoms with van der Waals surface area (Å²) in [6.07, 6.45) is 2.66. The van der Waals surface area contributed by atoms with Crippen molar-refractivity contribution in [2.45, 2.75) is 73.4 Å². The minimum absolute atomic E-state index is 0.0447. The molecule has 0 saturated heterocycles. The van der Waals surface area contributed by atoms with Crippen molar-refractivity contribution in [3.63, 3.8) is 0 Å². The molecule has 2 aliphatic heterocycles. The van der Waals surface area contributed by atoms with E-state index in [0.29, 0.717) is 11.5 Å². The van der Waals surface area contributed by atoms with E-state index in [1.54, 1.807) is 41.7 Å². The number of ether oxygens (including phenoxy) is 4. The lowest BCUT2D eigenvalue weighted by atomic mass is 10.2. The minimum Gasteiger partial charge on any atom is -0.457 e. The van der Waals surface area contributed by atoms with Gasteiger partial charge in [-0.2, -0.15) is 0 Å². The van der Waals surface area contributed by atoms with E-state index in [1.165, 1.54) is 40.0 Å². The predicted molar refractivity (Wildman–Crippen MR) is 122 cm³/mol. The van der Waals surface area contributed by atoms with Crippen LogP contribution in [-0.2, 0) is 47.8 Å². The minimum atomic E-state index is -0.962. The summed E-state index contributed by atoms with van der Waals surface area (Å²) in [4.78, 5) is 56.3. The number of hydrogen-bond donors (Lipinski definition) is 0. The second-order valence-corrected chi connectivity index (χ2v) is 8.29. The van der Waals surface area contributed by atoms with Crippen LogP contribution in [0.25, 0.3) is 0 Å². The molecular formula is C22H34ClNO10. The van der Waals surface area contributed by atoms with E-state index in [1.807, 2.05) is 0 Å². The average Bonchev–Trinajstić information content (AvgIpc) is 2.56. The van der Waals surface area contributed by atoms with Gasteiger partial charge in [-0.1, -0.05) is 0 Å². The van der Waals surface area contributed by atoms with Crippen LogP contribution in [0.5, 0.6) is 0 Å². The molecule has 11 nitrogen and oxygen atoms in total. The lowest BCUT2D eigenvalue weighted by Gasteiger charge is -2.30. The van der Waals surface area contributed by atoms with Crippen LogP contribution in [0.3, 0.4) is 0 Å². The molecule has 0 atom stereocenters. The highest BCUT2D eigenvalue weighted by Gasteiger charge is 2.30.